The van der Waals surface area contributed by atoms with Crippen LogP contribution in [0.5, 0.6) is 6.01 Å². The first kappa shape index (κ1) is 42.2. The Labute approximate surface area is 346 Å². The third kappa shape index (κ3) is 8.53. The number of ether oxygens (including phenoxy) is 2. The van der Waals surface area contributed by atoms with Crippen LogP contribution in [-0.2, 0) is 46.7 Å². The van der Waals surface area contributed by atoms with Gasteiger partial charge in [0, 0.05) is 13.0 Å². The zero-order valence-electron chi connectivity index (χ0n) is 33.6. The van der Waals surface area contributed by atoms with E-state index in [1.54, 1.807) is 6.08 Å². The van der Waals surface area contributed by atoms with Gasteiger partial charge in [-0.25, -0.2) is 8.42 Å². The lowest BCUT2D eigenvalue weighted by atomic mass is 9.86. The number of nitrogens with zero attached hydrogens (tertiary/aromatic N) is 3. The molecule has 6 aliphatic rings. The number of allylic oxidation sites excluding steroid dienone is 2. The largest absolute Gasteiger partial charge is 0.462 e. The quantitative estimate of drug-likeness (QED) is 0.287. The highest BCUT2D eigenvalue weighted by atomic mass is 32.2. The van der Waals surface area contributed by atoms with Gasteiger partial charge in [0.25, 0.3) is 17.5 Å². The van der Waals surface area contributed by atoms with Gasteiger partial charge >= 0.3 is 12.1 Å². The zero-order chi connectivity index (χ0) is 42.6. The predicted octanol–water partition coefficient (Wildman–Crippen LogP) is 4.92. The molecule has 2 N–H and O–H groups in total. The Morgan fingerprint density at radius 1 is 0.967 bits per heavy atom. The van der Waals surface area contributed by atoms with Crippen LogP contribution in [0.4, 0.5) is 13.2 Å². The first-order valence-electron chi connectivity index (χ1n) is 21.4. The van der Waals surface area contributed by atoms with E-state index >= 15 is 0 Å². The summed E-state index contributed by atoms with van der Waals surface area (Å²) in [5, 5.41) is 2.09. The van der Waals surface area contributed by atoms with E-state index in [2.05, 4.69) is 15.0 Å². The van der Waals surface area contributed by atoms with Gasteiger partial charge < -0.3 is 19.7 Å². The number of halogens is 3. The number of hydrogen-bond acceptors (Lipinski definition) is 10. The SMILES string of the molecule is CC[C@@H]1C[C@]1(NC(=O)[C@@H]1C[C@@H]2CN1C(=O)[C@H](C1CCCC1)CC(=O)O[C@@H]1CCC[C@H]1CC/C=C/Cn1c(nc3cc(C(F)(F)F)ccc3c1=O)O2)C(=O)NS(=O)(=O)C1CC1. The first-order chi connectivity index (χ1) is 28.6. The van der Waals surface area contributed by atoms with Crippen molar-refractivity contribution >= 4 is 44.6 Å². The number of sulfonamides is 1. The van der Waals surface area contributed by atoms with Gasteiger partial charge in [-0.1, -0.05) is 38.3 Å². The second-order valence-electron chi connectivity index (χ2n) is 17.6. The molecule has 8 rings (SSSR count). The Hall–Kier alpha value is -4.48. The normalized spacial score (nSPS) is 31.0. The highest BCUT2D eigenvalue weighted by molar-refractivity contribution is 7.91. The van der Waals surface area contributed by atoms with Crippen LogP contribution in [0.1, 0.15) is 109 Å². The molecule has 2 bridgehead atoms. The molecular formula is C42H52F3N5O9S. The fraction of sp³-hybridized carbons (Fsp3) is 0.667. The van der Waals surface area contributed by atoms with Crippen molar-refractivity contribution < 1.29 is 50.2 Å². The van der Waals surface area contributed by atoms with Crippen molar-refractivity contribution in [3.63, 3.8) is 0 Å². The lowest BCUT2D eigenvalue weighted by Gasteiger charge is -2.32. The van der Waals surface area contributed by atoms with Crippen LogP contribution in [0.3, 0.4) is 0 Å². The van der Waals surface area contributed by atoms with Gasteiger partial charge in [0.1, 0.15) is 23.8 Å². The van der Waals surface area contributed by atoms with E-state index in [4.69, 9.17) is 9.47 Å². The minimum atomic E-state index is -4.71. The Morgan fingerprint density at radius 3 is 2.42 bits per heavy atom. The Kier molecular flexibility index (Phi) is 11.6. The van der Waals surface area contributed by atoms with E-state index in [0.29, 0.717) is 51.4 Å². The van der Waals surface area contributed by atoms with Crippen LogP contribution in [0.2, 0.25) is 0 Å². The van der Waals surface area contributed by atoms with Crippen LogP contribution in [0.15, 0.2) is 35.1 Å². The summed E-state index contributed by atoms with van der Waals surface area (Å²) in [7, 11) is -3.95. The van der Waals surface area contributed by atoms with Gasteiger partial charge in [-0.2, -0.15) is 18.2 Å². The van der Waals surface area contributed by atoms with Gasteiger partial charge in [-0.05, 0) is 100 Å². The van der Waals surface area contributed by atoms with Crippen molar-refractivity contribution in [2.45, 2.75) is 145 Å². The molecule has 1 aromatic heterocycles. The lowest BCUT2D eigenvalue weighted by Crippen LogP contribution is -2.57. The number of rotatable bonds is 7. The molecule has 3 amide bonds. The number of fused-ring (bicyclic) bond motifs is 5. The molecule has 0 unspecified atom stereocenters. The molecule has 3 heterocycles. The minimum Gasteiger partial charge on any atom is -0.462 e. The van der Waals surface area contributed by atoms with Crippen molar-refractivity contribution in [2.24, 2.45) is 23.7 Å². The molecule has 60 heavy (non-hydrogen) atoms. The Bertz CT molecular complexity index is 2240. The molecule has 1 aromatic carbocycles. The molecule has 0 radical (unpaired) electrons. The van der Waals surface area contributed by atoms with Gasteiger partial charge in [0.15, 0.2) is 0 Å². The van der Waals surface area contributed by atoms with E-state index in [1.807, 2.05) is 13.0 Å². The zero-order valence-corrected chi connectivity index (χ0v) is 34.4. The van der Waals surface area contributed by atoms with Crippen molar-refractivity contribution in [3.8, 4) is 6.01 Å². The van der Waals surface area contributed by atoms with Crippen molar-refractivity contribution in [1.29, 1.82) is 0 Å². The topological polar surface area (TPSA) is 183 Å². The van der Waals surface area contributed by atoms with Crippen LogP contribution >= 0.6 is 0 Å². The fourth-order valence-corrected chi connectivity index (χ4v) is 11.3. The van der Waals surface area contributed by atoms with Gasteiger partial charge in [-0.3, -0.25) is 33.3 Å². The van der Waals surface area contributed by atoms with Crippen LogP contribution in [0, 0.1) is 23.7 Å². The molecule has 2 aliphatic heterocycles. The third-order valence-electron chi connectivity index (χ3n) is 13.6. The average Bonchev–Trinajstić information content (AvgIpc) is 3.99. The molecule has 0 spiro atoms. The summed E-state index contributed by atoms with van der Waals surface area (Å²) >= 11 is 0. The molecule has 18 heteroatoms. The van der Waals surface area contributed by atoms with E-state index in [-0.39, 0.29) is 73.1 Å². The number of benzene rings is 1. The summed E-state index contributed by atoms with van der Waals surface area (Å²) in [5.74, 6) is -3.82. The highest BCUT2D eigenvalue weighted by Gasteiger charge is 2.62. The number of nitrogens with one attached hydrogen (secondary N) is 2. The average molecular weight is 860 g/mol. The minimum absolute atomic E-state index is 0.0377. The molecule has 4 saturated carbocycles. The van der Waals surface area contributed by atoms with Crippen LogP contribution < -0.4 is 20.3 Å². The summed E-state index contributed by atoms with van der Waals surface area (Å²) in [6.07, 6.45) is 5.60. The van der Waals surface area contributed by atoms with Gasteiger partial charge in [0.2, 0.25) is 21.8 Å². The molecule has 14 nitrogen and oxygen atoms in total. The third-order valence-corrected chi connectivity index (χ3v) is 15.4. The number of esters is 1. The maximum Gasteiger partial charge on any atom is 0.416 e. The fourth-order valence-electron chi connectivity index (χ4n) is 9.97. The monoisotopic (exact) mass is 859 g/mol. The van der Waals surface area contributed by atoms with Crippen molar-refractivity contribution in [3.05, 3.63) is 46.3 Å². The number of carbonyl (C=O) groups excluding carboxylic acids is 4. The molecule has 2 aromatic rings. The number of alkyl halides is 3. The first-order valence-corrected chi connectivity index (χ1v) is 22.9. The summed E-state index contributed by atoms with van der Waals surface area (Å²) in [4.78, 5) is 76.5. The Morgan fingerprint density at radius 2 is 1.72 bits per heavy atom. The molecular weight excluding hydrogens is 808 g/mol. The molecule has 1 saturated heterocycles. The van der Waals surface area contributed by atoms with Crippen LogP contribution in [0.25, 0.3) is 10.9 Å². The standard InChI is InChI=1S/C42H52F3N5O9S/c1-2-26-22-41(26,39(55)48-60(56,57)29-15-16-29)47-36(52)33-20-28-23-50(33)38(54)31(24-9-5-6-10-24)21-35(51)59-34-13-8-12-25(34)11-4-3-7-18-49-37(53)30-17-14-27(42(43,44)45)19-32(30)46-40(49)58-28/h3,7,14,17,19,24-26,28-29,31,33-34H,2,4-6,8-13,15-16,18,20-23H2,1H3,(H,47,52)(H,48,55)/b7-3+/t25-,26-,28-,31+,33+,34-,41-/m1/s1. The molecule has 5 fully saturated rings. The van der Waals surface area contributed by atoms with E-state index in [1.165, 1.54) is 9.47 Å². The number of hydrogen-bond donors (Lipinski definition) is 2. The maximum atomic E-state index is 14.9. The van der Waals surface area contributed by atoms with E-state index in [9.17, 15) is 45.6 Å². The summed E-state index contributed by atoms with van der Waals surface area (Å²) in [5.41, 5.74) is -3.42. The smallest absolute Gasteiger partial charge is 0.416 e. The van der Waals surface area contributed by atoms with Crippen LogP contribution in [-0.4, -0.2) is 82.1 Å². The van der Waals surface area contributed by atoms with E-state index < -0.39 is 79.9 Å². The van der Waals surface area contributed by atoms with Crippen molar-refractivity contribution in [1.82, 2.24) is 24.5 Å². The molecule has 4 aliphatic carbocycles. The molecule has 326 valence electrons. The maximum absolute atomic E-state index is 14.9. The molecule has 7 atom stereocenters. The predicted molar refractivity (Wildman–Crippen MR) is 211 cm³/mol. The van der Waals surface area contributed by atoms with Crippen molar-refractivity contribution in [2.75, 3.05) is 6.54 Å². The second-order valence-corrected chi connectivity index (χ2v) is 19.6. The number of carbonyl (C=O) groups is 4. The second kappa shape index (κ2) is 16.4. The Balaban J connectivity index is 1.16. The van der Waals surface area contributed by atoms with Gasteiger partial charge in [0.05, 0.1) is 40.6 Å². The highest BCUT2D eigenvalue weighted by Crippen LogP contribution is 2.47. The number of aromatic nitrogens is 2. The lowest BCUT2D eigenvalue weighted by molar-refractivity contribution is -0.156. The summed E-state index contributed by atoms with van der Waals surface area (Å²) < 4.78 is 82.8. The van der Waals surface area contributed by atoms with E-state index in [0.717, 1.165) is 43.9 Å². The summed E-state index contributed by atoms with van der Waals surface area (Å²) in [6, 6.07) is 1.13. The summed E-state index contributed by atoms with van der Waals surface area (Å²) in [6.45, 7) is 1.57. The number of amides is 3. The van der Waals surface area contributed by atoms with Gasteiger partial charge in [-0.15, -0.1) is 0 Å².